The van der Waals surface area contributed by atoms with Gasteiger partial charge in [0.25, 0.3) is 0 Å². The third-order valence-corrected chi connectivity index (χ3v) is 2.79. The number of nitrogens with one attached hydrogen (secondary N) is 1. The third kappa shape index (κ3) is 1.76. The van der Waals surface area contributed by atoms with Gasteiger partial charge in [-0.2, -0.15) is 0 Å². The molecule has 0 bridgehead atoms. The van der Waals surface area contributed by atoms with E-state index in [4.69, 9.17) is 0 Å². The molecule has 0 heterocycles. The van der Waals surface area contributed by atoms with E-state index in [1.54, 1.807) is 0 Å². The van der Waals surface area contributed by atoms with Crippen molar-refractivity contribution in [3.05, 3.63) is 11.8 Å². The first-order valence-corrected chi connectivity index (χ1v) is 4.91. The minimum Gasteiger partial charge on any atom is -0.386 e. The fraction of sp³-hybridized carbons (Fsp3) is 0.800. The van der Waals surface area contributed by atoms with Gasteiger partial charge in [-0.05, 0) is 32.1 Å². The van der Waals surface area contributed by atoms with Crippen LogP contribution in [0.1, 0.15) is 44.9 Å². The monoisotopic (exact) mass is 151 g/mol. The maximum atomic E-state index is 3.64. The van der Waals surface area contributed by atoms with Crippen LogP contribution >= 0.6 is 0 Å². The average Bonchev–Trinajstić information content (AvgIpc) is 2.60. The van der Waals surface area contributed by atoms with Crippen LogP contribution in [0.5, 0.6) is 0 Å². The molecule has 0 saturated heterocycles. The second-order valence-electron chi connectivity index (χ2n) is 3.75. The Morgan fingerprint density at radius 1 is 1.18 bits per heavy atom. The van der Waals surface area contributed by atoms with Crippen molar-refractivity contribution in [2.24, 2.45) is 0 Å². The zero-order chi connectivity index (χ0) is 7.52. The van der Waals surface area contributed by atoms with Gasteiger partial charge in [-0.25, -0.2) is 0 Å². The van der Waals surface area contributed by atoms with Crippen LogP contribution in [0, 0.1) is 0 Å². The first-order chi connectivity index (χ1) is 5.45. The summed E-state index contributed by atoms with van der Waals surface area (Å²) in [7, 11) is 0. The SMILES string of the molecule is C1=C(NC2CCCC2)CCC1. The predicted molar refractivity (Wildman–Crippen MR) is 47.3 cm³/mol. The molecule has 2 aliphatic carbocycles. The van der Waals surface area contributed by atoms with Gasteiger partial charge in [0, 0.05) is 11.7 Å². The Balaban J connectivity index is 1.79. The summed E-state index contributed by atoms with van der Waals surface area (Å²) in [5.41, 5.74) is 1.52. The van der Waals surface area contributed by atoms with Crippen LogP contribution in [0.4, 0.5) is 0 Å². The summed E-state index contributed by atoms with van der Waals surface area (Å²) >= 11 is 0. The quantitative estimate of drug-likeness (QED) is 0.639. The normalized spacial score (nSPS) is 25.6. The lowest BCUT2D eigenvalue weighted by molar-refractivity contribution is 0.574. The summed E-state index contributed by atoms with van der Waals surface area (Å²) in [5.74, 6) is 0. The molecule has 0 radical (unpaired) electrons. The molecule has 62 valence electrons. The zero-order valence-electron chi connectivity index (χ0n) is 7.10. The molecule has 1 nitrogen and oxygen atoms in total. The van der Waals surface area contributed by atoms with E-state index in [0.29, 0.717) is 0 Å². The summed E-state index contributed by atoms with van der Waals surface area (Å²) in [6, 6.07) is 0.819. The molecule has 1 N–H and O–H groups in total. The summed E-state index contributed by atoms with van der Waals surface area (Å²) in [6.07, 6.45) is 12.0. The maximum Gasteiger partial charge on any atom is 0.0258 e. The number of hydrogen-bond donors (Lipinski definition) is 1. The van der Waals surface area contributed by atoms with Gasteiger partial charge in [-0.3, -0.25) is 0 Å². The van der Waals surface area contributed by atoms with Crippen molar-refractivity contribution in [2.75, 3.05) is 0 Å². The first-order valence-electron chi connectivity index (χ1n) is 4.91. The summed E-state index contributed by atoms with van der Waals surface area (Å²) in [4.78, 5) is 0. The molecular formula is C10H17N. The van der Waals surface area contributed by atoms with Crippen LogP contribution in [0.25, 0.3) is 0 Å². The van der Waals surface area contributed by atoms with Crippen LogP contribution in [-0.2, 0) is 0 Å². The fourth-order valence-corrected chi connectivity index (χ4v) is 2.13. The highest BCUT2D eigenvalue weighted by Gasteiger charge is 2.16. The van der Waals surface area contributed by atoms with Crippen molar-refractivity contribution in [3.63, 3.8) is 0 Å². The third-order valence-electron chi connectivity index (χ3n) is 2.79. The molecule has 0 spiro atoms. The van der Waals surface area contributed by atoms with Gasteiger partial charge in [0.1, 0.15) is 0 Å². The topological polar surface area (TPSA) is 12.0 Å². The van der Waals surface area contributed by atoms with E-state index in [1.807, 2.05) is 0 Å². The molecule has 1 heteroatoms. The van der Waals surface area contributed by atoms with Gasteiger partial charge >= 0.3 is 0 Å². The first kappa shape index (κ1) is 7.20. The highest BCUT2D eigenvalue weighted by Crippen LogP contribution is 2.22. The van der Waals surface area contributed by atoms with Crippen LogP contribution in [-0.4, -0.2) is 6.04 Å². The molecule has 0 amide bonds. The Morgan fingerprint density at radius 2 is 2.00 bits per heavy atom. The van der Waals surface area contributed by atoms with Crippen molar-refractivity contribution in [3.8, 4) is 0 Å². The van der Waals surface area contributed by atoms with E-state index in [1.165, 1.54) is 50.6 Å². The van der Waals surface area contributed by atoms with Gasteiger partial charge in [0.05, 0.1) is 0 Å². The smallest absolute Gasteiger partial charge is 0.0258 e. The molecule has 1 fully saturated rings. The molecule has 11 heavy (non-hydrogen) atoms. The Labute approximate surface area is 68.9 Å². The van der Waals surface area contributed by atoms with Crippen LogP contribution in [0.15, 0.2) is 11.8 Å². The van der Waals surface area contributed by atoms with Crippen molar-refractivity contribution < 1.29 is 0 Å². The van der Waals surface area contributed by atoms with Crippen molar-refractivity contribution in [1.82, 2.24) is 5.32 Å². The lowest BCUT2D eigenvalue weighted by atomic mass is 10.2. The van der Waals surface area contributed by atoms with E-state index in [9.17, 15) is 0 Å². The fourth-order valence-electron chi connectivity index (χ4n) is 2.13. The summed E-state index contributed by atoms with van der Waals surface area (Å²) in [6.45, 7) is 0. The highest BCUT2D eigenvalue weighted by atomic mass is 14.9. The van der Waals surface area contributed by atoms with Crippen molar-refractivity contribution in [2.45, 2.75) is 51.0 Å². The van der Waals surface area contributed by atoms with E-state index in [0.717, 1.165) is 6.04 Å². The highest BCUT2D eigenvalue weighted by molar-refractivity contribution is 5.06. The van der Waals surface area contributed by atoms with E-state index < -0.39 is 0 Å². The Kier molecular flexibility index (Phi) is 2.16. The Hall–Kier alpha value is -0.460. The van der Waals surface area contributed by atoms with Gasteiger partial charge in [-0.15, -0.1) is 0 Å². The van der Waals surface area contributed by atoms with Crippen molar-refractivity contribution in [1.29, 1.82) is 0 Å². The zero-order valence-corrected chi connectivity index (χ0v) is 7.10. The molecule has 0 atom stereocenters. The molecule has 0 aromatic carbocycles. The molecule has 0 aromatic heterocycles. The summed E-state index contributed by atoms with van der Waals surface area (Å²) < 4.78 is 0. The molecule has 2 aliphatic rings. The van der Waals surface area contributed by atoms with Crippen molar-refractivity contribution >= 4 is 0 Å². The molecule has 0 aliphatic heterocycles. The van der Waals surface area contributed by atoms with Crippen LogP contribution in [0.2, 0.25) is 0 Å². The second-order valence-corrected chi connectivity index (χ2v) is 3.75. The average molecular weight is 151 g/mol. The standard InChI is InChI=1S/C10H17N/c1-2-6-9(5-1)11-10-7-3-4-8-10/h5,10-11H,1-4,6-8H2. The molecule has 2 rings (SSSR count). The van der Waals surface area contributed by atoms with Gasteiger partial charge in [0.15, 0.2) is 0 Å². The lowest BCUT2D eigenvalue weighted by Crippen LogP contribution is -2.24. The van der Waals surface area contributed by atoms with Gasteiger partial charge < -0.3 is 5.32 Å². The number of allylic oxidation sites excluding steroid dienone is 2. The van der Waals surface area contributed by atoms with E-state index >= 15 is 0 Å². The predicted octanol–water partition coefficient (Wildman–Crippen LogP) is 2.59. The molecule has 0 aromatic rings. The Bertz CT molecular complexity index is 154. The molecule has 1 saturated carbocycles. The second kappa shape index (κ2) is 3.29. The lowest BCUT2D eigenvalue weighted by Gasteiger charge is -2.13. The number of rotatable bonds is 2. The minimum atomic E-state index is 0.819. The minimum absolute atomic E-state index is 0.819. The Morgan fingerprint density at radius 3 is 2.64 bits per heavy atom. The number of hydrogen-bond acceptors (Lipinski definition) is 1. The van der Waals surface area contributed by atoms with Gasteiger partial charge in [0.2, 0.25) is 0 Å². The van der Waals surface area contributed by atoms with E-state index in [2.05, 4.69) is 11.4 Å². The van der Waals surface area contributed by atoms with Crippen LogP contribution < -0.4 is 5.32 Å². The molecular weight excluding hydrogens is 134 g/mol. The largest absolute Gasteiger partial charge is 0.386 e. The maximum absolute atomic E-state index is 3.64. The summed E-state index contributed by atoms with van der Waals surface area (Å²) in [5, 5.41) is 3.64. The van der Waals surface area contributed by atoms with Crippen LogP contribution in [0.3, 0.4) is 0 Å². The van der Waals surface area contributed by atoms with E-state index in [-0.39, 0.29) is 0 Å². The van der Waals surface area contributed by atoms with Gasteiger partial charge in [-0.1, -0.05) is 18.9 Å². The molecule has 0 unspecified atom stereocenters.